The third-order valence-corrected chi connectivity index (χ3v) is 4.12. The van der Waals surface area contributed by atoms with E-state index in [2.05, 4.69) is 0 Å². The monoisotopic (exact) mass is 324 g/mol. The van der Waals surface area contributed by atoms with Crippen LogP contribution in [0.1, 0.15) is 16.7 Å². The van der Waals surface area contributed by atoms with Crippen LogP contribution in [0, 0.1) is 0 Å². The van der Waals surface area contributed by atoms with Gasteiger partial charge in [0.05, 0.1) is 0 Å². The second-order valence-corrected chi connectivity index (χ2v) is 5.42. The molecule has 24 heavy (non-hydrogen) atoms. The van der Waals surface area contributed by atoms with E-state index in [4.69, 9.17) is 0 Å². The van der Waals surface area contributed by atoms with E-state index in [1.165, 1.54) is 0 Å². The van der Waals surface area contributed by atoms with Crippen LogP contribution in [0.15, 0.2) is 103 Å². The molecule has 0 heterocycles. The third kappa shape index (κ3) is 2.62. The predicted octanol–water partition coefficient (Wildman–Crippen LogP) is 6.10. The second-order valence-electron chi connectivity index (χ2n) is 5.42. The maximum absolute atomic E-state index is 15.0. The second kappa shape index (κ2) is 6.75. The maximum Gasteiger partial charge on any atom is 0.303 e. The first kappa shape index (κ1) is 16.1. The van der Waals surface area contributed by atoms with Crippen molar-refractivity contribution in [3.63, 3.8) is 0 Å². The van der Waals surface area contributed by atoms with E-state index in [1.807, 2.05) is 0 Å². The van der Waals surface area contributed by atoms with Crippen molar-refractivity contribution < 1.29 is 13.2 Å². The summed E-state index contributed by atoms with van der Waals surface area (Å²) in [6.07, 6.45) is -2.31. The first-order valence-electron chi connectivity index (χ1n) is 7.55. The predicted molar refractivity (Wildman–Crippen MR) is 89.6 cm³/mol. The molecule has 3 heteroatoms. The molecule has 0 saturated carbocycles. The molecule has 0 radical (unpaired) electrons. The largest absolute Gasteiger partial charge is 0.303 e. The maximum atomic E-state index is 15.0. The molecule has 0 aliphatic heterocycles. The van der Waals surface area contributed by atoms with Gasteiger partial charge in [-0.05, 0) is 16.7 Å². The molecule has 0 aliphatic rings. The highest BCUT2D eigenvalue weighted by Gasteiger charge is 2.43. The molecule has 0 atom stereocenters. The summed E-state index contributed by atoms with van der Waals surface area (Å²) in [5, 5.41) is 0. The minimum absolute atomic E-state index is 0.452. The van der Waals surface area contributed by atoms with Crippen LogP contribution in [0.2, 0.25) is 0 Å². The van der Waals surface area contributed by atoms with Crippen molar-refractivity contribution in [1.29, 1.82) is 0 Å². The Balaban J connectivity index is 2.45. The van der Waals surface area contributed by atoms with Gasteiger partial charge in [0.15, 0.2) is 5.83 Å². The third-order valence-electron chi connectivity index (χ3n) is 4.12. The Morgan fingerprint density at radius 1 is 0.500 bits per heavy atom. The molecule has 0 saturated heterocycles. The zero-order valence-corrected chi connectivity index (χ0v) is 12.8. The van der Waals surface area contributed by atoms with Gasteiger partial charge in [-0.2, -0.15) is 8.78 Å². The Kier molecular flexibility index (Phi) is 4.52. The number of hydrogen-bond acceptors (Lipinski definition) is 0. The Labute approximate surface area is 138 Å². The molecule has 0 fully saturated rings. The first-order chi connectivity index (χ1) is 11.7. The van der Waals surface area contributed by atoms with E-state index in [-0.39, 0.29) is 0 Å². The van der Waals surface area contributed by atoms with Crippen LogP contribution in [-0.2, 0) is 5.41 Å². The summed E-state index contributed by atoms with van der Waals surface area (Å²) in [7, 11) is 0. The summed E-state index contributed by atoms with van der Waals surface area (Å²) in [5.41, 5.74) is -0.323. The molecule has 0 amide bonds. The highest BCUT2D eigenvalue weighted by atomic mass is 19.3. The van der Waals surface area contributed by atoms with Gasteiger partial charge < -0.3 is 0 Å². The zero-order chi connectivity index (χ0) is 17.0. The molecule has 0 spiro atoms. The van der Waals surface area contributed by atoms with Crippen molar-refractivity contribution in [1.82, 2.24) is 0 Å². The Morgan fingerprint density at radius 2 is 0.792 bits per heavy atom. The summed E-state index contributed by atoms with van der Waals surface area (Å²) in [5.74, 6) is -1.45. The molecule has 0 unspecified atom stereocenters. The van der Waals surface area contributed by atoms with E-state index in [0.717, 1.165) is 0 Å². The Morgan fingerprint density at radius 3 is 1.04 bits per heavy atom. The fraction of sp³-hybridized carbons (Fsp3) is 0.0476. The summed E-state index contributed by atoms with van der Waals surface area (Å²) in [4.78, 5) is 0. The molecule has 0 aliphatic carbocycles. The van der Waals surface area contributed by atoms with Crippen molar-refractivity contribution in [3.8, 4) is 0 Å². The molecule has 3 rings (SSSR count). The summed E-state index contributed by atoms with van der Waals surface area (Å²) in [6, 6.07) is 25.7. The quantitative estimate of drug-likeness (QED) is 0.509. The van der Waals surface area contributed by atoms with Crippen molar-refractivity contribution >= 4 is 0 Å². The van der Waals surface area contributed by atoms with E-state index in [0.29, 0.717) is 16.7 Å². The molecular weight excluding hydrogens is 309 g/mol. The van der Waals surface area contributed by atoms with Gasteiger partial charge in [-0.3, -0.25) is 0 Å². The van der Waals surface area contributed by atoms with Crippen LogP contribution in [0.5, 0.6) is 0 Å². The standard InChI is InChI=1S/C21H15F3/c22-19(20(23)24)21(16-10-4-1-5-11-16,17-12-6-2-7-13-17)18-14-8-3-9-15-18/h1-15H. The molecule has 0 N–H and O–H groups in total. The number of hydrogen-bond donors (Lipinski definition) is 0. The van der Waals surface area contributed by atoms with Gasteiger partial charge in [-0.1, -0.05) is 91.0 Å². The molecule has 0 bridgehead atoms. The number of rotatable bonds is 4. The van der Waals surface area contributed by atoms with Gasteiger partial charge in [-0.25, -0.2) is 4.39 Å². The lowest BCUT2D eigenvalue weighted by Gasteiger charge is -2.34. The average Bonchev–Trinajstić information content (AvgIpc) is 2.65. The molecule has 0 nitrogen and oxygen atoms in total. The topological polar surface area (TPSA) is 0 Å². The first-order valence-corrected chi connectivity index (χ1v) is 7.55. The number of halogens is 3. The highest BCUT2D eigenvalue weighted by molar-refractivity contribution is 5.57. The van der Waals surface area contributed by atoms with Crippen molar-refractivity contribution in [3.05, 3.63) is 120 Å². The molecule has 0 aromatic heterocycles. The lowest BCUT2D eigenvalue weighted by atomic mass is 9.68. The Bertz CT molecular complexity index is 724. The van der Waals surface area contributed by atoms with Crippen LogP contribution >= 0.6 is 0 Å². The summed E-state index contributed by atoms with van der Waals surface area (Å²) in [6.45, 7) is 0. The van der Waals surface area contributed by atoms with Gasteiger partial charge >= 0.3 is 6.08 Å². The normalized spacial score (nSPS) is 11.1. The van der Waals surface area contributed by atoms with Crippen LogP contribution < -0.4 is 0 Å². The number of benzene rings is 3. The fourth-order valence-corrected chi connectivity index (χ4v) is 3.09. The van der Waals surface area contributed by atoms with Crippen LogP contribution in [-0.4, -0.2) is 0 Å². The minimum atomic E-state index is -2.31. The van der Waals surface area contributed by atoms with Gasteiger partial charge in [-0.15, -0.1) is 0 Å². The lowest BCUT2D eigenvalue weighted by Crippen LogP contribution is -2.30. The molecule has 3 aromatic carbocycles. The zero-order valence-electron chi connectivity index (χ0n) is 12.8. The van der Waals surface area contributed by atoms with Crippen molar-refractivity contribution in [2.75, 3.05) is 0 Å². The molecule has 120 valence electrons. The van der Waals surface area contributed by atoms with E-state index < -0.39 is 17.3 Å². The van der Waals surface area contributed by atoms with Crippen molar-refractivity contribution in [2.45, 2.75) is 5.41 Å². The van der Waals surface area contributed by atoms with Crippen LogP contribution in [0.3, 0.4) is 0 Å². The summed E-state index contributed by atoms with van der Waals surface area (Å²) >= 11 is 0. The van der Waals surface area contributed by atoms with E-state index >= 15 is 4.39 Å². The van der Waals surface area contributed by atoms with Gasteiger partial charge in [0.25, 0.3) is 0 Å². The number of allylic oxidation sites excluding steroid dienone is 1. The highest BCUT2D eigenvalue weighted by Crippen LogP contribution is 2.47. The van der Waals surface area contributed by atoms with Crippen LogP contribution in [0.4, 0.5) is 13.2 Å². The van der Waals surface area contributed by atoms with Gasteiger partial charge in [0.1, 0.15) is 5.41 Å². The lowest BCUT2D eigenvalue weighted by molar-refractivity contribution is 0.349. The average molecular weight is 324 g/mol. The Hall–Kier alpha value is -2.81. The smallest absolute Gasteiger partial charge is 0.204 e. The van der Waals surface area contributed by atoms with E-state index in [1.54, 1.807) is 91.0 Å². The molecule has 3 aromatic rings. The summed E-state index contributed by atoms with van der Waals surface area (Å²) < 4.78 is 42.0. The van der Waals surface area contributed by atoms with Crippen LogP contribution in [0.25, 0.3) is 0 Å². The van der Waals surface area contributed by atoms with Crippen molar-refractivity contribution in [2.24, 2.45) is 0 Å². The fourth-order valence-electron chi connectivity index (χ4n) is 3.09. The van der Waals surface area contributed by atoms with E-state index in [9.17, 15) is 8.78 Å². The SMILES string of the molecule is FC(F)=C(F)C(c1ccccc1)(c1ccccc1)c1ccccc1. The minimum Gasteiger partial charge on any atom is -0.204 e. The molecular formula is C21H15F3. The van der Waals surface area contributed by atoms with Gasteiger partial charge in [0, 0.05) is 0 Å². The van der Waals surface area contributed by atoms with Gasteiger partial charge in [0.2, 0.25) is 0 Å².